The molecule has 0 fully saturated rings. The average Bonchev–Trinajstić information content (AvgIpc) is 2.80. The summed E-state index contributed by atoms with van der Waals surface area (Å²) < 4.78 is 0. The molecule has 2 aromatic carbocycles. The van der Waals surface area contributed by atoms with Crippen LogP contribution in [-0.4, -0.2) is 16.9 Å². The zero-order valence-electron chi connectivity index (χ0n) is 16.3. The van der Waals surface area contributed by atoms with Gasteiger partial charge in [0.1, 0.15) is 5.69 Å². The van der Waals surface area contributed by atoms with Crippen LogP contribution in [0.3, 0.4) is 0 Å². The third-order valence-electron chi connectivity index (χ3n) is 5.19. The van der Waals surface area contributed by atoms with Crippen molar-refractivity contribution in [1.82, 2.24) is 0 Å². The second kappa shape index (κ2) is 6.68. The molecule has 1 N–H and O–H groups in total. The van der Waals surface area contributed by atoms with Crippen LogP contribution in [0.4, 0.5) is 17.1 Å². The lowest BCUT2D eigenvalue weighted by Crippen LogP contribution is -2.40. The van der Waals surface area contributed by atoms with Crippen molar-refractivity contribution in [2.24, 2.45) is 0 Å². The fourth-order valence-electron chi connectivity index (χ4n) is 3.64. The van der Waals surface area contributed by atoms with Gasteiger partial charge in [-0.2, -0.15) is 0 Å². The van der Waals surface area contributed by atoms with Crippen LogP contribution >= 0.6 is 0 Å². The van der Waals surface area contributed by atoms with Crippen LogP contribution in [0.15, 0.2) is 42.5 Å². The number of rotatable bonds is 5. The van der Waals surface area contributed by atoms with Crippen LogP contribution in [0.2, 0.25) is 0 Å². The van der Waals surface area contributed by atoms with Crippen molar-refractivity contribution in [2.45, 2.75) is 52.1 Å². The molecule has 6 nitrogen and oxygen atoms in total. The molecule has 1 unspecified atom stereocenters. The van der Waals surface area contributed by atoms with Crippen molar-refractivity contribution in [3.05, 3.63) is 63.7 Å². The summed E-state index contributed by atoms with van der Waals surface area (Å²) in [6.45, 7) is 9.50. The molecule has 0 spiro atoms. The normalized spacial score (nSPS) is 16.4. The first-order valence-corrected chi connectivity index (χ1v) is 9.12. The molecule has 1 amide bonds. The lowest BCUT2D eigenvalue weighted by molar-refractivity contribution is -0.384. The number of nitro groups is 1. The van der Waals surface area contributed by atoms with Gasteiger partial charge in [0, 0.05) is 18.2 Å². The molecule has 2 aromatic rings. The number of benzene rings is 2. The molecule has 0 aliphatic carbocycles. The van der Waals surface area contributed by atoms with Gasteiger partial charge in [0.25, 0.3) is 5.69 Å². The lowest BCUT2D eigenvalue weighted by Gasteiger charge is -2.24. The number of hydrogen-bond acceptors (Lipinski definition) is 4. The Morgan fingerprint density at radius 1 is 1.11 bits per heavy atom. The van der Waals surface area contributed by atoms with E-state index in [9.17, 15) is 14.9 Å². The Morgan fingerprint density at radius 2 is 1.74 bits per heavy atom. The molecule has 0 saturated carbocycles. The average molecular weight is 367 g/mol. The van der Waals surface area contributed by atoms with Gasteiger partial charge in [0.15, 0.2) is 0 Å². The largest absolute Gasteiger partial charge is 0.373 e. The molecule has 3 rings (SSSR count). The molecule has 6 heteroatoms. The Bertz CT molecular complexity index is 891. The molecule has 1 heterocycles. The first kappa shape index (κ1) is 18.9. The summed E-state index contributed by atoms with van der Waals surface area (Å²) >= 11 is 0. The highest BCUT2D eigenvalue weighted by Crippen LogP contribution is 2.47. The van der Waals surface area contributed by atoms with Gasteiger partial charge >= 0.3 is 0 Å². The van der Waals surface area contributed by atoms with E-state index < -0.39 is 5.41 Å². The highest BCUT2D eigenvalue weighted by Gasteiger charge is 2.46. The summed E-state index contributed by atoms with van der Waals surface area (Å²) in [6, 6.07) is 12.9. The van der Waals surface area contributed by atoms with Crippen LogP contribution < -0.4 is 10.2 Å². The number of anilines is 2. The predicted molar refractivity (Wildman–Crippen MR) is 107 cm³/mol. The third-order valence-corrected chi connectivity index (χ3v) is 5.19. The Hall–Kier alpha value is -2.89. The predicted octanol–water partition coefficient (Wildman–Crippen LogP) is 4.80. The molecule has 142 valence electrons. The summed E-state index contributed by atoms with van der Waals surface area (Å²) in [5, 5.41) is 15.0. The molecule has 1 atom stereocenters. The quantitative estimate of drug-likeness (QED) is 0.608. The van der Waals surface area contributed by atoms with Crippen LogP contribution in [0.5, 0.6) is 0 Å². The molecule has 0 radical (unpaired) electrons. The second-order valence-electron chi connectivity index (χ2n) is 7.81. The summed E-state index contributed by atoms with van der Waals surface area (Å²) in [5.41, 5.74) is 2.10. The molecule has 27 heavy (non-hydrogen) atoms. The summed E-state index contributed by atoms with van der Waals surface area (Å²) in [7, 11) is 0. The topological polar surface area (TPSA) is 75.5 Å². The molecule has 1 aliphatic heterocycles. The first-order chi connectivity index (χ1) is 12.6. The van der Waals surface area contributed by atoms with Crippen LogP contribution in [-0.2, 0) is 10.2 Å². The smallest absolute Gasteiger partial charge is 0.292 e. The van der Waals surface area contributed by atoms with Gasteiger partial charge in [-0.25, -0.2) is 0 Å². The number of hydrogen-bond donors (Lipinski definition) is 1. The van der Waals surface area contributed by atoms with E-state index in [-0.39, 0.29) is 28.6 Å². The zero-order chi connectivity index (χ0) is 19.9. The van der Waals surface area contributed by atoms with Gasteiger partial charge in [0.2, 0.25) is 5.91 Å². The van der Waals surface area contributed by atoms with Crippen molar-refractivity contribution in [2.75, 3.05) is 10.2 Å². The van der Waals surface area contributed by atoms with E-state index in [1.54, 1.807) is 17.0 Å². The van der Waals surface area contributed by atoms with E-state index in [4.69, 9.17) is 0 Å². The Morgan fingerprint density at radius 3 is 2.30 bits per heavy atom. The van der Waals surface area contributed by atoms with E-state index >= 15 is 0 Å². The van der Waals surface area contributed by atoms with E-state index in [2.05, 4.69) is 5.32 Å². The number of amides is 1. The maximum Gasteiger partial charge on any atom is 0.292 e. The monoisotopic (exact) mass is 367 g/mol. The third kappa shape index (κ3) is 3.16. The summed E-state index contributed by atoms with van der Waals surface area (Å²) in [5.74, 6) is -0.0324. The summed E-state index contributed by atoms with van der Waals surface area (Å²) in [6.07, 6.45) is 0. The number of fused-ring (bicyclic) bond motifs is 1. The molecule has 0 aromatic heterocycles. The second-order valence-corrected chi connectivity index (χ2v) is 7.81. The highest BCUT2D eigenvalue weighted by molar-refractivity contribution is 6.09. The van der Waals surface area contributed by atoms with Gasteiger partial charge in [-0.3, -0.25) is 14.9 Å². The van der Waals surface area contributed by atoms with Crippen molar-refractivity contribution >= 4 is 23.0 Å². The number of nitrogens with one attached hydrogen (secondary N) is 1. The number of carbonyl (C=O) groups is 1. The Labute approximate surface area is 159 Å². The molecule has 1 aliphatic rings. The van der Waals surface area contributed by atoms with Crippen LogP contribution in [0.1, 0.15) is 51.8 Å². The molecule has 0 saturated heterocycles. The lowest BCUT2D eigenvalue weighted by atomic mass is 9.85. The van der Waals surface area contributed by atoms with Gasteiger partial charge < -0.3 is 10.2 Å². The number of nitro benzene ring substituents is 1. The van der Waals surface area contributed by atoms with Gasteiger partial charge in [-0.05, 0) is 51.8 Å². The van der Waals surface area contributed by atoms with Crippen molar-refractivity contribution in [3.8, 4) is 0 Å². The van der Waals surface area contributed by atoms with Crippen molar-refractivity contribution in [3.63, 3.8) is 0 Å². The van der Waals surface area contributed by atoms with Gasteiger partial charge in [-0.15, -0.1) is 0 Å². The van der Waals surface area contributed by atoms with Crippen molar-refractivity contribution in [1.29, 1.82) is 0 Å². The molecule has 0 bridgehead atoms. The van der Waals surface area contributed by atoms with Crippen molar-refractivity contribution < 1.29 is 9.72 Å². The molecular weight excluding hydrogens is 342 g/mol. The van der Waals surface area contributed by atoms with Crippen LogP contribution in [0.25, 0.3) is 0 Å². The maximum absolute atomic E-state index is 12.9. The Kier molecular flexibility index (Phi) is 4.68. The van der Waals surface area contributed by atoms with E-state index in [1.807, 2.05) is 65.0 Å². The summed E-state index contributed by atoms with van der Waals surface area (Å²) in [4.78, 5) is 26.0. The van der Waals surface area contributed by atoms with E-state index in [0.29, 0.717) is 11.3 Å². The minimum Gasteiger partial charge on any atom is -0.373 e. The minimum absolute atomic E-state index is 0.0111. The fraction of sp³-hybridized carbons (Fsp3) is 0.381. The molecular formula is C21H25N3O3. The minimum atomic E-state index is -0.784. The number of carbonyl (C=O) groups excluding carboxylic acids is 1. The number of nitrogens with zero attached hydrogens (tertiary/aromatic N) is 2. The first-order valence-electron chi connectivity index (χ1n) is 9.12. The Balaban J connectivity index is 2.10. The zero-order valence-corrected chi connectivity index (χ0v) is 16.3. The van der Waals surface area contributed by atoms with Gasteiger partial charge in [-0.1, -0.05) is 30.3 Å². The van der Waals surface area contributed by atoms with E-state index in [0.717, 1.165) is 11.3 Å². The maximum atomic E-state index is 12.9. The SMILES string of the molecule is CC(Nc1cc2c(cc1[N+](=O)[O-])C(C)(C)C(=O)N2C(C)C)c1ccccc1. The van der Waals surface area contributed by atoms with E-state index in [1.165, 1.54) is 0 Å². The fourth-order valence-corrected chi connectivity index (χ4v) is 3.64. The van der Waals surface area contributed by atoms with Crippen LogP contribution in [0, 0.1) is 10.1 Å². The highest BCUT2D eigenvalue weighted by atomic mass is 16.6. The standard InChI is InChI=1S/C21H25N3O3/c1-13(2)23-18-12-17(22-14(3)15-9-7-6-8-10-15)19(24(26)27)11-16(18)21(4,5)20(23)25/h6-14,22H,1-5H3. The van der Waals surface area contributed by atoms with Gasteiger partial charge in [0.05, 0.1) is 16.0 Å².